The van der Waals surface area contributed by atoms with Crippen LogP contribution in [0.15, 0.2) is 22.7 Å². The van der Waals surface area contributed by atoms with E-state index in [1.165, 1.54) is 12.1 Å². The Morgan fingerprint density at radius 3 is 2.67 bits per heavy atom. The highest BCUT2D eigenvalue weighted by Crippen LogP contribution is 2.33. The van der Waals surface area contributed by atoms with E-state index in [0.29, 0.717) is 23.7 Å². The molecule has 0 unspecified atom stereocenters. The van der Waals surface area contributed by atoms with E-state index in [1.807, 2.05) is 13.8 Å². The van der Waals surface area contributed by atoms with Gasteiger partial charge in [0.15, 0.2) is 5.82 Å². The van der Waals surface area contributed by atoms with Gasteiger partial charge in [-0.15, -0.1) is 0 Å². The lowest BCUT2D eigenvalue weighted by Gasteiger charge is -2.06. The molecule has 0 radical (unpaired) electrons. The molecule has 1 heterocycles. The third-order valence-corrected chi connectivity index (χ3v) is 2.58. The van der Waals surface area contributed by atoms with Gasteiger partial charge in [0.1, 0.15) is 17.4 Å². The van der Waals surface area contributed by atoms with Crippen molar-refractivity contribution in [3.05, 3.63) is 35.6 Å². The van der Waals surface area contributed by atoms with Gasteiger partial charge in [-0.25, -0.2) is 8.78 Å². The molecule has 0 saturated carbocycles. The first-order valence-corrected chi connectivity index (χ1v) is 5.68. The molecule has 1 aromatic carbocycles. The molecule has 0 aliphatic rings. The summed E-state index contributed by atoms with van der Waals surface area (Å²) in [6.45, 7) is 4.01. The second-order valence-electron chi connectivity index (χ2n) is 4.59. The fourth-order valence-electron chi connectivity index (χ4n) is 1.83. The quantitative estimate of drug-likeness (QED) is 0.910. The Morgan fingerprint density at radius 2 is 2.06 bits per heavy atom. The van der Waals surface area contributed by atoms with Crippen molar-refractivity contribution in [2.24, 2.45) is 5.92 Å². The largest absolute Gasteiger partial charge is 0.380 e. The number of nitrogens with two attached hydrogens (primary N) is 1. The normalized spacial score (nSPS) is 11.2. The van der Waals surface area contributed by atoms with Crippen molar-refractivity contribution in [1.29, 1.82) is 0 Å². The van der Waals surface area contributed by atoms with Crippen LogP contribution >= 0.6 is 0 Å². The smallest absolute Gasteiger partial charge is 0.175 e. The first-order valence-electron chi connectivity index (χ1n) is 5.68. The van der Waals surface area contributed by atoms with Crippen LogP contribution in [0.2, 0.25) is 0 Å². The fourth-order valence-corrected chi connectivity index (χ4v) is 1.83. The monoisotopic (exact) mass is 252 g/mol. The van der Waals surface area contributed by atoms with E-state index in [9.17, 15) is 8.78 Å². The number of hydrogen-bond acceptors (Lipinski definition) is 3. The van der Waals surface area contributed by atoms with Gasteiger partial charge in [-0.05, 0) is 18.1 Å². The van der Waals surface area contributed by atoms with Gasteiger partial charge in [0.25, 0.3) is 0 Å². The fraction of sp³-hybridized carbons (Fsp3) is 0.308. The summed E-state index contributed by atoms with van der Waals surface area (Å²) in [5, 5.41) is 3.65. The molecule has 2 rings (SSSR count). The van der Waals surface area contributed by atoms with Crippen LogP contribution in [0.3, 0.4) is 0 Å². The molecule has 0 aliphatic heterocycles. The van der Waals surface area contributed by atoms with Crippen molar-refractivity contribution in [3.63, 3.8) is 0 Å². The van der Waals surface area contributed by atoms with Gasteiger partial charge >= 0.3 is 0 Å². The minimum absolute atomic E-state index is 0.121. The summed E-state index contributed by atoms with van der Waals surface area (Å²) in [5.41, 5.74) is 6.32. The van der Waals surface area contributed by atoms with Crippen LogP contribution in [0.1, 0.15) is 19.6 Å². The maximum absolute atomic E-state index is 13.7. The Morgan fingerprint density at radius 1 is 1.33 bits per heavy atom. The van der Waals surface area contributed by atoms with Crippen LogP contribution in [-0.4, -0.2) is 5.16 Å². The number of hydrogen-bond donors (Lipinski definition) is 1. The van der Waals surface area contributed by atoms with E-state index in [1.54, 1.807) is 0 Å². The molecule has 3 nitrogen and oxygen atoms in total. The molecule has 2 N–H and O–H groups in total. The second-order valence-corrected chi connectivity index (χ2v) is 4.59. The van der Waals surface area contributed by atoms with E-state index in [-0.39, 0.29) is 11.4 Å². The van der Waals surface area contributed by atoms with Crippen molar-refractivity contribution in [3.8, 4) is 11.1 Å². The lowest BCUT2D eigenvalue weighted by Crippen LogP contribution is -1.97. The zero-order chi connectivity index (χ0) is 13.3. The minimum Gasteiger partial charge on any atom is -0.380 e. The lowest BCUT2D eigenvalue weighted by atomic mass is 10.00. The van der Waals surface area contributed by atoms with Crippen molar-refractivity contribution < 1.29 is 13.3 Å². The molecule has 18 heavy (non-hydrogen) atoms. The Balaban J connectivity index is 2.52. The Labute approximate surface area is 104 Å². The van der Waals surface area contributed by atoms with Gasteiger partial charge < -0.3 is 10.3 Å². The molecule has 0 saturated heterocycles. The zero-order valence-electron chi connectivity index (χ0n) is 10.2. The molecule has 96 valence electrons. The first-order chi connectivity index (χ1) is 8.49. The summed E-state index contributed by atoms with van der Waals surface area (Å²) in [6, 6.07) is 3.35. The molecule has 0 atom stereocenters. The number of benzene rings is 1. The Hall–Kier alpha value is -1.91. The van der Waals surface area contributed by atoms with Gasteiger partial charge in [0, 0.05) is 18.1 Å². The predicted octanol–water partition coefficient (Wildman–Crippen LogP) is 3.40. The molecule has 0 amide bonds. The Bertz CT molecular complexity index is 564. The third-order valence-electron chi connectivity index (χ3n) is 2.58. The summed E-state index contributed by atoms with van der Waals surface area (Å²) in [4.78, 5) is 0. The van der Waals surface area contributed by atoms with Gasteiger partial charge in [-0.3, -0.25) is 0 Å². The topological polar surface area (TPSA) is 52.0 Å². The van der Waals surface area contributed by atoms with Gasteiger partial charge in [0.05, 0.1) is 5.56 Å². The van der Waals surface area contributed by atoms with E-state index in [4.69, 9.17) is 10.3 Å². The van der Waals surface area contributed by atoms with Crippen LogP contribution < -0.4 is 5.73 Å². The van der Waals surface area contributed by atoms with E-state index < -0.39 is 11.6 Å². The maximum atomic E-state index is 13.7. The summed E-state index contributed by atoms with van der Waals surface area (Å²) >= 11 is 0. The number of rotatable bonds is 3. The van der Waals surface area contributed by atoms with E-state index >= 15 is 0 Å². The average Bonchev–Trinajstić information content (AvgIpc) is 2.60. The van der Waals surface area contributed by atoms with Crippen LogP contribution in [0.5, 0.6) is 0 Å². The van der Waals surface area contributed by atoms with Crippen LogP contribution in [0.4, 0.5) is 14.6 Å². The van der Waals surface area contributed by atoms with E-state index in [2.05, 4.69) is 5.16 Å². The summed E-state index contributed by atoms with van der Waals surface area (Å²) in [5.74, 6) is -0.338. The highest BCUT2D eigenvalue weighted by molar-refractivity contribution is 5.75. The molecular formula is C13H14F2N2O. The summed E-state index contributed by atoms with van der Waals surface area (Å²) < 4.78 is 31.7. The van der Waals surface area contributed by atoms with Gasteiger partial charge in [-0.2, -0.15) is 0 Å². The summed E-state index contributed by atoms with van der Waals surface area (Å²) in [6.07, 6.45) is 0.594. The van der Waals surface area contributed by atoms with Gasteiger partial charge in [-0.1, -0.05) is 19.0 Å². The van der Waals surface area contributed by atoms with Crippen molar-refractivity contribution >= 4 is 5.82 Å². The maximum Gasteiger partial charge on any atom is 0.175 e. The molecule has 5 heteroatoms. The highest BCUT2D eigenvalue weighted by atomic mass is 19.1. The van der Waals surface area contributed by atoms with Crippen molar-refractivity contribution in [2.75, 3.05) is 5.73 Å². The predicted molar refractivity (Wildman–Crippen MR) is 64.8 cm³/mol. The molecular weight excluding hydrogens is 238 g/mol. The number of nitrogen functional groups attached to an aromatic ring is 1. The number of anilines is 1. The molecule has 0 spiro atoms. The minimum atomic E-state index is -0.671. The van der Waals surface area contributed by atoms with E-state index in [0.717, 1.165) is 6.07 Å². The number of nitrogens with zero attached hydrogens (tertiary/aromatic N) is 1. The highest BCUT2D eigenvalue weighted by Gasteiger charge is 2.19. The zero-order valence-corrected chi connectivity index (χ0v) is 10.2. The standard InChI is InChI=1S/C13H14F2N2O/c1-7(2)5-11-12(13(16)17-18-11)9-4-3-8(14)6-10(9)15/h3-4,6-7H,5H2,1-2H3,(H2,16,17). The van der Waals surface area contributed by atoms with Crippen LogP contribution in [-0.2, 0) is 6.42 Å². The summed E-state index contributed by atoms with van der Waals surface area (Å²) in [7, 11) is 0. The second kappa shape index (κ2) is 4.76. The molecule has 0 aliphatic carbocycles. The molecule has 2 aromatic rings. The number of halogens is 2. The Kier molecular flexibility index (Phi) is 3.32. The molecule has 0 bridgehead atoms. The van der Waals surface area contributed by atoms with Crippen LogP contribution in [0.25, 0.3) is 11.1 Å². The SMILES string of the molecule is CC(C)Cc1onc(N)c1-c1ccc(F)cc1F. The molecule has 0 fully saturated rings. The van der Waals surface area contributed by atoms with Crippen LogP contribution in [0, 0.1) is 17.6 Å². The molecule has 1 aromatic heterocycles. The number of aromatic nitrogens is 1. The van der Waals surface area contributed by atoms with Crippen molar-refractivity contribution in [2.45, 2.75) is 20.3 Å². The lowest BCUT2D eigenvalue weighted by molar-refractivity contribution is 0.371. The first kappa shape index (κ1) is 12.5. The van der Waals surface area contributed by atoms with Gasteiger partial charge in [0.2, 0.25) is 0 Å². The third kappa shape index (κ3) is 2.34. The van der Waals surface area contributed by atoms with Crippen molar-refractivity contribution in [1.82, 2.24) is 5.16 Å². The average molecular weight is 252 g/mol.